The SMILES string of the molecule is C/C(=C\c1ccccc1)CN1CCN(CC2ON=C3c4cc5ccn(C(=O)C6CC6)c5cc4OCC32)CC1. The normalized spacial score (nSPS) is 23.9. The molecule has 4 heterocycles. The lowest BCUT2D eigenvalue weighted by Crippen LogP contribution is -2.50. The Morgan fingerprint density at radius 1 is 1.05 bits per heavy atom. The van der Waals surface area contributed by atoms with Gasteiger partial charge >= 0.3 is 0 Å². The molecule has 7 nitrogen and oxygen atoms in total. The second-order valence-corrected chi connectivity index (χ2v) is 11.2. The van der Waals surface area contributed by atoms with E-state index >= 15 is 0 Å². The minimum atomic E-state index is 0.00107. The standard InChI is InChI=1S/C31H34N4O3/c1-21(15-22-5-3-2-4-6-22)18-33-11-13-34(14-12-33)19-29-26-20-37-28-17-27-24(16-25(28)30(26)32-38-29)9-10-35(27)31(36)23-7-8-23/h2-6,9-10,15-17,23,26,29H,7-8,11-14,18-20H2,1H3/b21-15+. The van der Waals surface area contributed by atoms with Crippen LogP contribution in [0.1, 0.15) is 35.7 Å². The van der Waals surface area contributed by atoms with Crippen molar-refractivity contribution < 1.29 is 14.4 Å². The first-order chi connectivity index (χ1) is 18.6. The van der Waals surface area contributed by atoms with Gasteiger partial charge in [-0.1, -0.05) is 47.1 Å². The number of carbonyl (C=O) groups is 1. The van der Waals surface area contributed by atoms with E-state index in [1.165, 1.54) is 11.1 Å². The maximum absolute atomic E-state index is 12.7. The highest BCUT2D eigenvalue weighted by Gasteiger charge is 2.41. The van der Waals surface area contributed by atoms with Crippen LogP contribution in [0, 0.1) is 11.8 Å². The van der Waals surface area contributed by atoms with Gasteiger partial charge in [-0.2, -0.15) is 0 Å². The van der Waals surface area contributed by atoms with Crippen LogP contribution >= 0.6 is 0 Å². The molecule has 3 aliphatic heterocycles. The van der Waals surface area contributed by atoms with Crippen molar-refractivity contribution in [3.05, 3.63) is 71.4 Å². The number of benzene rings is 2. The summed E-state index contributed by atoms with van der Waals surface area (Å²) in [5, 5.41) is 5.59. The third-order valence-corrected chi connectivity index (χ3v) is 8.33. The molecule has 0 N–H and O–H groups in total. The number of rotatable bonds is 6. The van der Waals surface area contributed by atoms with Crippen LogP contribution < -0.4 is 4.74 Å². The molecule has 2 aromatic carbocycles. The Morgan fingerprint density at radius 2 is 1.84 bits per heavy atom. The number of oxime groups is 1. The number of hydrogen-bond acceptors (Lipinski definition) is 6. The summed E-state index contributed by atoms with van der Waals surface area (Å²) in [6.07, 6.45) is 6.17. The fourth-order valence-electron chi connectivity index (χ4n) is 6.04. The van der Waals surface area contributed by atoms with Crippen LogP contribution in [-0.2, 0) is 4.84 Å². The summed E-state index contributed by atoms with van der Waals surface area (Å²) in [6.45, 7) is 8.81. The van der Waals surface area contributed by atoms with Gasteiger partial charge in [-0.15, -0.1) is 0 Å². The van der Waals surface area contributed by atoms with E-state index in [1.54, 1.807) is 4.57 Å². The van der Waals surface area contributed by atoms with Gasteiger partial charge in [0.05, 0.1) is 11.4 Å². The second kappa shape index (κ2) is 9.71. The molecule has 1 saturated heterocycles. The highest BCUT2D eigenvalue weighted by molar-refractivity contribution is 6.09. The minimum absolute atomic E-state index is 0.00107. The highest BCUT2D eigenvalue weighted by atomic mass is 16.6. The fourth-order valence-corrected chi connectivity index (χ4v) is 6.04. The topological polar surface area (TPSA) is 59.3 Å². The number of carbonyl (C=O) groups excluding carboxylic acids is 1. The maximum Gasteiger partial charge on any atom is 0.234 e. The molecule has 2 unspecified atom stereocenters. The molecular weight excluding hydrogens is 476 g/mol. The number of ether oxygens (including phenoxy) is 1. The Bertz CT molecular complexity index is 1410. The zero-order valence-electron chi connectivity index (χ0n) is 21.9. The van der Waals surface area contributed by atoms with E-state index in [2.05, 4.69) is 64.4 Å². The van der Waals surface area contributed by atoms with Crippen molar-refractivity contribution in [1.29, 1.82) is 0 Å². The summed E-state index contributed by atoms with van der Waals surface area (Å²) in [5.74, 6) is 1.30. The Hall–Kier alpha value is -3.42. The molecule has 4 aliphatic rings. The van der Waals surface area contributed by atoms with Crippen molar-refractivity contribution in [3.8, 4) is 5.75 Å². The first kappa shape index (κ1) is 23.7. The summed E-state index contributed by atoms with van der Waals surface area (Å²) < 4.78 is 8.03. The van der Waals surface area contributed by atoms with Crippen molar-refractivity contribution >= 4 is 28.6 Å². The summed E-state index contributed by atoms with van der Waals surface area (Å²) in [5.41, 5.74) is 5.56. The van der Waals surface area contributed by atoms with Gasteiger partial charge in [0.15, 0.2) is 6.10 Å². The van der Waals surface area contributed by atoms with Gasteiger partial charge in [0.25, 0.3) is 0 Å². The maximum atomic E-state index is 12.7. The third kappa shape index (κ3) is 4.54. The molecule has 1 aromatic heterocycles. The van der Waals surface area contributed by atoms with Crippen molar-refractivity contribution in [1.82, 2.24) is 14.4 Å². The highest BCUT2D eigenvalue weighted by Crippen LogP contribution is 2.38. The summed E-state index contributed by atoms with van der Waals surface area (Å²) in [6, 6.07) is 16.7. The lowest BCUT2D eigenvalue weighted by molar-refractivity contribution is 0.0101. The largest absolute Gasteiger partial charge is 0.492 e. The van der Waals surface area contributed by atoms with Gasteiger partial charge < -0.3 is 9.57 Å². The van der Waals surface area contributed by atoms with E-state index in [0.717, 1.165) is 80.0 Å². The lowest BCUT2D eigenvalue weighted by atomic mass is 9.89. The average molecular weight is 511 g/mol. The first-order valence-electron chi connectivity index (χ1n) is 13.9. The van der Waals surface area contributed by atoms with Crippen LogP contribution in [0.4, 0.5) is 0 Å². The predicted octanol–water partition coefficient (Wildman–Crippen LogP) is 4.52. The number of nitrogens with zero attached hydrogens (tertiary/aromatic N) is 4. The van der Waals surface area contributed by atoms with Crippen LogP contribution in [0.5, 0.6) is 5.75 Å². The first-order valence-corrected chi connectivity index (χ1v) is 13.9. The van der Waals surface area contributed by atoms with Gasteiger partial charge in [-0.25, -0.2) is 0 Å². The molecule has 0 amide bonds. The molecule has 38 heavy (non-hydrogen) atoms. The van der Waals surface area contributed by atoms with E-state index in [0.29, 0.717) is 6.61 Å². The zero-order valence-corrected chi connectivity index (χ0v) is 21.9. The van der Waals surface area contributed by atoms with E-state index in [9.17, 15) is 4.79 Å². The lowest BCUT2D eigenvalue weighted by Gasteiger charge is -2.36. The fraction of sp³-hybridized carbons (Fsp3) is 0.419. The van der Waals surface area contributed by atoms with Crippen LogP contribution in [0.25, 0.3) is 17.0 Å². The zero-order chi connectivity index (χ0) is 25.6. The predicted molar refractivity (Wildman–Crippen MR) is 149 cm³/mol. The van der Waals surface area contributed by atoms with Gasteiger partial charge in [0.2, 0.25) is 5.91 Å². The molecule has 196 valence electrons. The third-order valence-electron chi connectivity index (χ3n) is 8.33. The Labute approximate surface area is 223 Å². The van der Waals surface area contributed by atoms with Crippen molar-refractivity contribution in [3.63, 3.8) is 0 Å². The monoisotopic (exact) mass is 510 g/mol. The Kier molecular flexibility index (Phi) is 6.05. The van der Waals surface area contributed by atoms with Gasteiger partial charge in [0.1, 0.15) is 18.1 Å². The molecule has 2 atom stereocenters. The number of piperazine rings is 1. The molecular formula is C31H34N4O3. The van der Waals surface area contributed by atoms with Gasteiger partial charge in [-0.05, 0) is 37.5 Å². The molecule has 1 saturated carbocycles. The molecule has 7 rings (SSSR count). The Balaban J connectivity index is 0.971. The average Bonchev–Trinajstić information content (AvgIpc) is 3.59. The van der Waals surface area contributed by atoms with E-state index in [4.69, 9.17) is 9.57 Å². The van der Waals surface area contributed by atoms with Crippen molar-refractivity contribution in [2.75, 3.05) is 45.9 Å². The molecule has 1 aliphatic carbocycles. The van der Waals surface area contributed by atoms with E-state index in [1.807, 2.05) is 18.3 Å². The summed E-state index contributed by atoms with van der Waals surface area (Å²) >= 11 is 0. The molecule has 0 bridgehead atoms. The quantitative estimate of drug-likeness (QED) is 0.488. The number of fused-ring (bicyclic) bond motifs is 4. The summed E-state index contributed by atoms with van der Waals surface area (Å²) in [7, 11) is 0. The van der Waals surface area contributed by atoms with Crippen LogP contribution in [0.3, 0.4) is 0 Å². The molecule has 0 radical (unpaired) electrons. The molecule has 0 spiro atoms. The van der Waals surface area contributed by atoms with Crippen LogP contribution in [0.2, 0.25) is 0 Å². The Morgan fingerprint density at radius 3 is 2.63 bits per heavy atom. The van der Waals surface area contributed by atoms with E-state index < -0.39 is 0 Å². The van der Waals surface area contributed by atoms with Crippen molar-refractivity contribution in [2.45, 2.75) is 25.9 Å². The van der Waals surface area contributed by atoms with Gasteiger partial charge in [-0.3, -0.25) is 19.2 Å². The number of hydrogen-bond donors (Lipinski definition) is 0. The molecule has 3 aromatic rings. The van der Waals surface area contributed by atoms with Crippen LogP contribution in [0.15, 0.2) is 65.5 Å². The summed E-state index contributed by atoms with van der Waals surface area (Å²) in [4.78, 5) is 23.7. The number of aromatic nitrogens is 1. The van der Waals surface area contributed by atoms with Crippen LogP contribution in [-0.4, -0.2) is 78.0 Å². The molecule has 7 heteroatoms. The van der Waals surface area contributed by atoms with Crippen molar-refractivity contribution in [2.24, 2.45) is 17.0 Å². The second-order valence-electron chi connectivity index (χ2n) is 11.2. The molecule has 2 fully saturated rings. The smallest absolute Gasteiger partial charge is 0.234 e. The minimum Gasteiger partial charge on any atom is -0.492 e. The van der Waals surface area contributed by atoms with Gasteiger partial charge in [0, 0.05) is 68.4 Å². The van der Waals surface area contributed by atoms with E-state index in [-0.39, 0.29) is 23.8 Å².